The minimum atomic E-state index is -0.259. The van der Waals surface area contributed by atoms with E-state index in [-0.39, 0.29) is 11.9 Å². The first-order valence-electron chi connectivity index (χ1n) is 5.06. The molecule has 2 N–H and O–H groups in total. The highest BCUT2D eigenvalue weighted by Gasteiger charge is 2.10. The van der Waals surface area contributed by atoms with E-state index in [1.54, 1.807) is 19.1 Å². The first kappa shape index (κ1) is 11.7. The lowest BCUT2D eigenvalue weighted by atomic mass is 10.0. The molecule has 0 aliphatic rings. The predicted octanol–water partition coefficient (Wildman–Crippen LogP) is 2.94. The molecule has 0 aliphatic carbocycles. The van der Waals surface area contributed by atoms with E-state index in [9.17, 15) is 4.39 Å². The molecular formula is C13H16FN. The van der Waals surface area contributed by atoms with Crippen molar-refractivity contribution < 1.29 is 4.39 Å². The average Bonchev–Trinajstić information content (AvgIpc) is 2.22. The van der Waals surface area contributed by atoms with Crippen LogP contribution < -0.4 is 5.73 Å². The average molecular weight is 205 g/mol. The van der Waals surface area contributed by atoms with Crippen LogP contribution in [0.15, 0.2) is 18.2 Å². The van der Waals surface area contributed by atoms with Crippen LogP contribution in [-0.4, -0.2) is 0 Å². The van der Waals surface area contributed by atoms with Crippen molar-refractivity contribution in [2.24, 2.45) is 5.73 Å². The second-order valence-corrected chi connectivity index (χ2v) is 3.60. The molecular weight excluding hydrogens is 189 g/mol. The Hall–Kier alpha value is -1.33. The third-order valence-electron chi connectivity index (χ3n) is 2.31. The fourth-order valence-corrected chi connectivity index (χ4v) is 1.46. The molecule has 0 bridgehead atoms. The second kappa shape index (κ2) is 5.53. The van der Waals surface area contributed by atoms with Gasteiger partial charge in [-0.05, 0) is 26.3 Å². The summed E-state index contributed by atoms with van der Waals surface area (Å²) >= 11 is 0. The maximum Gasteiger partial charge on any atom is 0.127 e. The zero-order valence-corrected chi connectivity index (χ0v) is 9.18. The summed E-state index contributed by atoms with van der Waals surface area (Å²) in [4.78, 5) is 0. The maximum absolute atomic E-state index is 13.4. The summed E-state index contributed by atoms with van der Waals surface area (Å²) in [6, 6.07) is 4.76. The summed E-state index contributed by atoms with van der Waals surface area (Å²) in [5, 5.41) is 0. The van der Waals surface area contributed by atoms with E-state index in [2.05, 4.69) is 11.8 Å². The smallest absolute Gasteiger partial charge is 0.127 e. The van der Waals surface area contributed by atoms with Crippen molar-refractivity contribution in [2.45, 2.75) is 32.7 Å². The fraction of sp³-hybridized carbons (Fsp3) is 0.385. The van der Waals surface area contributed by atoms with Crippen molar-refractivity contribution in [2.75, 3.05) is 0 Å². The Morgan fingerprint density at radius 1 is 1.47 bits per heavy atom. The molecule has 1 aromatic carbocycles. The molecule has 0 aromatic heterocycles. The SMILES string of the molecule is CC#CCCC(N)c1cc(C)ccc1F. The minimum Gasteiger partial charge on any atom is -0.324 e. The Kier molecular flexibility index (Phi) is 4.33. The van der Waals surface area contributed by atoms with Crippen LogP contribution in [0.25, 0.3) is 0 Å². The molecule has 1 unspecified atom stereocenters. The Balaban J connectivity index is 2.74. The number of nitrogens with two attached hydrogens (primary N) is 1. The molecule has 0 saturated carbocycles. The van der Waals surface area contributed by atoms with Crippen molar-refractivity contribution in [1.29, 1.82) is 0 Å². The molecule has 1 nitrogen and oxygen atoms in total. The topological polar surface area (TPSA) is 26.0 Å². The van der Waals surface area contributed by atoms with Crippen LogP contribution in [0.4, 0.5) is 4.39 Å². The molecule has 1 atom stereocenters. The highest BCUT2D eigenvalue weighted by Crippen LogP contribution is 2.20. The lowest BCUT2D eigenvalue weighted by molar-refractivity contribution is 0.567. The van der Waals surface area contributed by atoms with Gasteiger partial charge in [0.25, 0.3) is 0 Å². The number of aryl methyl sites for hydroxylation is 1. The van der Waals surface area contributed by atoms with Gasteiger partial charge in [-0.2, -0.15) is 0 Å². The fourth-order valence-electron chi connectivity index (χ4n) is 1.46. The van der Waals surface area contributed by atoms with Crippen LogP contribution in [0.1, 0.15) is 36.9 Å². The van der Waals surface area contributed by atoms with Crippen LogP contribution in [0, 0.1) is 24.6 Å². The molecule has 0 aliphatic heterocycles. The highest BCUT2D eigenvalue weighted by molar-refractivity contribution is 5.26. The van der Waals surface area contributed by atoms with Crippen LogP contribution in [0.5, 0.6) is 0 Å². The van der Waals surface area contributed by atoms with Crippen LogP contribution >= 0.6 is 0 Å². The van der Waals surface area contributed by atoms with E-state index in [4.69, 9.17) is 5.73 Å². The van der Waals surface area contributed by atoms with E-state index >= 15 is 0 Å². The zero-order chi connectivity index (χ0) is 11.3. The Labute approximate surface area is 90.5 Å². The van der Waals surface area contributed by atoms with Crippen molar-refractivity contribution in [3.63, 3.8) is 0 Å². The van der Waals surface area contributed by atoms with Gasteiger partial charge in [0.2, 0.25) is 0 Å². The molecule has 80 valence electrons. The molecule has 1 rings (SSSR count). The monoisotopic (exact) mass is 205 g/mol. The van der Waals surface area contributed by atoms with E-state index in [0.717, 1.165) is 5.56 Å². The number of hydrogen-bond acceptors (Lipinski definition) is 1. The first-order valence-corrected chi connectivity index (χ1v) is 5.06. The molecule has 15 heavy (non-hydrogen) atoms. The zero-order valence-electron chi connectivity index (χ0n) is 9.18. The van der Waals surface area contributed by atoms with E-state index in [1.807, 2.05) is 6.92 Å². The lowest BCUT2D eigenvalue weighted by Gasteiger charge is -2.12. The summed E-state index contributed by atoms with van der Waals surface area (Å²) in [5.74, 6) is 5.51. The standard InChI is InChI=1S/C13H16FN/c1-3-4-5-6-13(15)11-9-10(2)7-8-12(11)14/h7-9,13H,5-6,15H2,1-2H3. The van der Waals surface area contributed by atoms with Gasteiger partial charge in [0, 0.05) is 18.0 Å². The number of halogens is 1. The molecule has 0 heterocycles. The van der Waals surface area contributed by atoms with Gasteiger partial charge in [-0.15, -0.1) is 11.8 Å². The highest BCUT2D eigenvalue weighted by atomic mass is 19.1. The summed E-state index contributed by atoms with van der Waals surface area (Å²) in [6.07, 6.45) is 1.41. The quantitative estimate of drug-likeness (QED) is 0.754. The summed E-state index contributed by atoms with van der Waals surface area (Å²) in [5.41, 5.74) is 7.52. The predicted molar refractivity (Wildman–Crippen MR) is 60.7 cm³/mol. The van der Waals surface area contributed by atoms with E-state index in [1.165, 1.54) is 6.07 Å². The number of hydrogen-bond donors (Lipinski definition) is 1. The third kappa shape index (κ3) is 3.38. The van der Waals surface area contributed by atoms with Crippen LogP contribution in [-0.2, 0) is 0 Å². The van der Waals surface area contributed by atoms with Gasteiger partial charge in [-0.3, -0.25) is 0 Å². The molecule has 0 saturated heterocycles. The van der Waals surface area contributed by atoms with Gasteiger partial charge in [-0.25, -0.2) is 4.39 Å². The Bertz CT molecular complexity index is 387. The van der Waals surface area contributed by atoms with Crippen molar-refractivity contribution in [3.8, 4) is 11.8 Å². The summed E-state index contributed by atoms with van der Waals surface area (Å²) in [7, 11) is 0. The molecule has 1 aromatic rings. The molecule has 0 amide bonds. The molecule has 2 heteroatoms. The summed E-state index contributed by atoms with van der Waals surface area (Å²) in [6.45, 7) is 3.72. The van der Waals surface area contributed by atoms with Gasteiger partial charge < -0.3 is 5.73 Å². The van der Waals surface area contributed by atoms with Gasteiger partial charge in [-0.1, -0.05) is 17.7 Å². The van der Waals surface area contributed by atoms with Crippen molar-refractivity contribution >= 4 is 0 Å². The Morgan fingerprint density at radius 2 is 2.20 bits per heavy atom. The van der Waals surface area contributed by atoms with E-state index < -0.39 is 0 Å². The molecule has 0 fully saturated rings. The normalized spacial score (nSPS) is 11.7. The van der Waals surface area contributed by atoms with Gasteiger partial charge >= 0.3 is 0 Å². The third-order valence-corrected chi connectivity index (χ3v) is 2.31. The molecule has 0 radical (unpaired) electrons. The van der Waals surface area contributed by atoms with E-state index in [0.29, 0.717) is 18.4 Å². The minimum absolute atomic E-state index is 0.224. The second-order valence-electron chi connectivity index (χ2n) is 3.60. The first-order chi connectivity index (χ1) is 7.15. The van der Waals surface area contributed by atoms with Crippen LogP contribution in [0.2, 0.25) is 0 Å². The maximum atomic E-state index is 13.4. The van der Waals surface area contributed by atoms with Crippen molar-refractivity contribution in [1.82, 2.24) is 0 Å². The van der Waals surface area contributed by atoms with Crippen molar-refractivity contribution in [3.05, 3.63) is 35.1 Å². The summed E-state index contributed by atoms with van der Waals surface area (Å²) < 4.78 is 13.4. The number of benzene rings is 1. The van der Waals surface area contributed by atoms with Gasteiger partial charge in [0.15, 0.2) is 0 Å². The Morgan fingerprint density at radius 3 is 2.87 bits per heavy atom. The molecule has 0 spiro atoms. The van der Waals surface area contributed by atoms with Gasteiger partial charge in [0.1, 0.15) is 5.82 Å². The largest absolute Gasteiger partial charge is 0.324 e. The lowest BCUT2D eigenvalue weighted by Crippen LogP contribution is -2.12. The van der Waals surface area contributed by atoms with Crippen LogP contribution in [0.3, 0.4) is 0 Å². The van der Waals surface area contributed by atoms with Gasteiger partial charge in [0.05, 0.1) is 0 Å². The number of rotatable bonds is 3.